The lowest BCUT2D eigenvalue weighted by atomic mass is 10.1. The molecule has 0 saturated carbocycles. The highest BCUT2D eigenvalue weighted by Crippen LogP contribution is 2.24. The number of carbonyl (C=O) groups excluding carboxylic acids is 3. The van der Waals surface area contributed by atoms with Gasteiger partial charge in [-0.2, -0.15) is 5.10 Å². The molecule has 0 fully saturated rings. The lowest BCUT2D eigenvalue weighted by molar-refractivity contribution is -0.116. The van der Waals surface area contributed by atoms with Crippen molar-refractivity contribution in [3.8, 4) is 17.4 Å². The van der Waals surface area contributed by atoms with E-state index in [1.54, 1.807) is 77.7 Å². The van der Waals surface area contributed by atoms with Crippen molar-refractivity contribution in [1.82, 2.24) is 24.6 Å². The van der Waals surface area contributed by atoms with Gasteiger partial charge in [0.2, 0.25) is 11.8 Å². The number of hydrogen-bond donors (Lipinski definition) is 1. The Hall–Kier alpha value is -4.86. The lowest BCUT2D eigenvalue weighted by Crippen LogP contribution is -2.31. The van der Waals surface area contributed by atoms with Gasteiger partial charge in [-0.25, -0.2) is 14.6 Å². The summed E-state index contributed by atoms with van der Waals surface area (Å²) in [6.07, 6.45) is 5.35. The summed E-state index contributed by atoms with van der Waals surface area (Å²) in [5, 5.41) is 6.93. The van der Waals surface area contributed by atoms with E-state index < -0.39 is 0 Å². The Bertz CT molecular complexity index is 1350. The first-order valence-electron chi connectivity index (χ1n) is 10.9. The van der Waals surface area contributed by atoms with E-state index in [0.29, 0.717) is 40.7 Å². The van der Waals surface area contributed by atoms with Crippen LogP contribution >= 0.6 is 0 Å². The van der Waals surface area contributed by atoms with Gasteiger partial charge in [-0.15, -0.1) is 0 Å². The summed E-state index contributed by atoms with van der Waals surface area (Å²) in [5.74, 6) is 0.623. The number of benzene rings is 2. The minimum Gasteiger partial charge on any atom is -0.439 e. The Kier molecular flexibility index (Phi) is 6.00. The number of hydrogen-bond acceptors (Lipinski definition) is 7. The summed E-state index contributed by atoms with van der Waals surface area (Å²) in [7, 11) is 0. The first kappa shape index (κ1) is 22.0. The third-order valence-electron chi connectivity index (χ3n) is 5.39. The number of imide groups is 1. The molecule has 10 heteroatoms. The van der Waals surface area contributed by atoms with Crippen molar-refractivity contribution in [3.63, 3.8) is 0 Å². The smallest absolute Gasteiger partial charge is 0.261 e. The predicted octanol–water partition coefficient (Wildman–Crippen LogP) is 3.47. The molecule has 5 rings (SSSR count). The van der Waals surface area contributed by atoms with Crippen LogP contribution in [0.3, 0.4) is 0 Å². The van der Waals surface area contributed by atoms with E-state index in [9.17, 15) is 14.4 Å². The average Bonchev–Trinajstić information content (AvgIpc) is 3.50. The lowest BCUT2D eigenvalue weighted by Gasteiger charge is -2.13. The zero-order chi connectivity index (χ0) is 24.2. The van der Waals surface area contributed by atoms with Crippen molar-refractivity contribution in [2.75, 3.05) is 11.9 Å². The molecule has 4 aromatic rings. The van der Waals surface area contributed by atoms with Crippen LogP contribution in [0, 0.1) is 0 Å². The molecule has 3 heterocycles. The van der Waals surface area contributed by atoms with E-state index in [1.165, 1.54) is 11.2 Å². The van der Waals surface area contributed by atoms with Crippen molar-refractivity contribution in [2.24, 2.45) is 0 Å². The van der Waals surface area contributed by atoms with Gasteiger partial charge in [0.15, 0.2) is 5.82 Å². The minimum absolute atomic E-state index is 0.169. The number of anilines is 1. The Morgan fingerprint density at radius 1 is 0.943 bits per heavy atom. The van der Waals surface area contributed by atoms with Crippen LogP contribution < -0.4 is 10.1 Å². The number of ether oxygens (including phenoxy) is 1. The van der Waals surface area contributed by atoms with Gasteiger partial charge >= 0.3 is 0 Å². The normalized spacial score (nSPS) is 12.5. The molecule has 3 amide bonds. The van der Waals surface area contributed by atoms with Crippen LogP contribution in [0.4, 0.5) is 5.69 Å². The summed E-state index contributed by atoms with van der Waals surface area (Å²) in [4.78, 5) is 46.6. The maximum Gasteiger partial charge on any atom is 0.261 e. The van der Waals surface area contributed by atoms with E-state index in [2.05, 4.69) is 20.4 Å². The molecule has 2 aromatic carbocycles. The largest absolute Gasteiger partial charge is 0.439 e. The maximum atomic E-state index is 12.4. The van der Waals surface area contributed by atoms with Crippen molar-refractivity contribution in [2.45, 2.75) is 12.8 Å². The molecule has 0 atom stereocenters. The van der Waals surface area contributed by atoms with E-state index >= 15 is 0 Å². The van der Waals surface area contributed by atoms with Crippen molar-refractivity contribution in [3.05, 3.63) is 90.5 Å². The standard InChI is InChI=1S/C25H20N6O4/c32-22(7-3-13-30-24(33)19-5-1-2-6-20(19)25(30)34)29-17-8-10-18(11-9-17)35-23-15-21(26-16-27-23)31-14-4-12-28-31/h1-2,4-6,8-12,14-16H,3,7,13H2,(H,29,32). The summed E-state index contributed by atoms with van der Waals surface area (Å²) >= 11 is 0. The van der Waals surface area contributed by atoms with Gasteiger partial charge in [-0.3, -0.25) is 19.3 Å². The molecular formula is C25H20N6O4. The van der Waals surface area contributed by atoms with Gasteiger partial charge in [0.1, 0.15) is 12.1 Å². The fourth-order valence-electron chi connectivity index (χ4n) is 3.71. The summed E-state index contributed by atoms with van der Waals surface area (Å²) in [5.41, 5.74) is 1.41. The SMILES string of the molecule is O=C(CCCN1C(=O)c2ccccc2C1=O)Nc1ccc(Oc2cc(-n3cccn3)ncn2)cc1. The van der Waals surface area contributed by atoms with Gasteiger partial charge in [-0.05, 0) is 48.9 Å². The first-order valence-corrected chi connectivity index (χ1v) is 10.9. The number of rotatable bonds is 8. The summed E-state index contributed by atoms with van der Waals surface area (Å²) < 4.78 is 7.37. The average molecular weight is 468 g/mol. The van der Waals surface area contributed by atoms with Crippen LogP contribution in [0.25, 0.3) is 5.82 Å². The number of aromatic nitrogens is 4. The van der Waals surface area contributed by atoms with Crippen LogP contribution in [0.1, 0.15) is 33.6 Å². The molecule has 1 N–H and O–H groups in total. The van der Waals surface area contributed by atoms with Crippen LogP contribution in [-0.4, -0.2) is 48.9 Å². The molecule has 0 radical (unpaired) electrons. The quantitative estimate of drug-likeness (QED) is 0.393. The van der Waals surface area contributed by atoms with E-state index in [-0.39, 0.29) is 30.7 Å². The molecule has 174 valence electrons. The van der Waals surface area contributed by atoms with Crippen LogP contribution in [-0.2, 0) is 4.79 Å². The number of nitrogens with one attached hydrogen (secondary N) is 1. The zero-order valence-electron chi connectivity index (χ0n) is 18.5. The fourth-order valence-corrected chi connectivity index (χ4v) is 3.71. The first-order chi connectivity index (χ1) is 17.1. The molecule has 0 aliphatic carbocycles. The minimum atomic E-state index is -0.318. The molecule has 0 saturated heterocycles. The summed E-state index contributed by atoms with van der Waals surface area (Å²) in [6.45, 7) is 0.187. The number of amides is 3. The molecule has 2 aromatic heterocycles. The van der Waals surface area contributed by atoms with Crippen LogP contribution in [0.2, 0.25) is 0 Å². The highest BCUT2D eigenvalue weighted by Gasteiger charge is 2.34. The Morgan fingerprint density at radius 3 is 2.37 bits per heavy atom. The van der Waals surface area contributed by atoms with Crippen molar-refractivity contribution < 1.29 is 19.1 Å². The molecular weight excluding hydrogens is 448 g/mol. The van der Waals surface area contributed by atoms with Crippen molar-refractivity contribution in [1.29, 1.82) is 0 Å². The number of nitrogens with zero attached hydrogens (tertiary/aromatic N) is 5. The Labute approximate surface area is 200 Å². The summed E-state index contributed by atoms with van der Waals surface area (Å²) in [6, 6.07) is 17.0. The molecule has 0 unspecified atom stereocenters. The molecule has 0 bridgehead atoms. The van der Waals surface area contributed by atoms with Crippen LogP contribution in [0.15, 0.2) is 79.4 Å². The maximum absolute atomic E-state index is 12.4. The molecule has 1 aliphatic heterocycles. The number of carbonyl (C=O) groups is 3. The van der Waals surface area contributed by atoms with Crippen LogP contribution in [0.5, 0.6) is 11.6 Å². The second-order valence-corrected chi connectivity index (χ2v) is 7.75. The van der Waals surface area contributed by atoms with Gasteiger partial charge in [0.25, 0.3) is 11.8 Å². The fraction of sp³-hybridized carbons (Fsp3) is 0.120. The second kappa shape index (κ2) is 9.56. The third-order valence-corrected chi connectivity index (χ3v) is 5.39. The van der Waals surface area contributed by atoms with Crippen molar-refractivity contribution >= 4 is 23.4 Å². The van der Waals surface area contributed by atoms with Gasteiger partial charge in [0, 0.05) is 37.1 Å². The molecule has 1 aliphatic rings. The Morgan fingerprint density at radius 2 is 1.69 bits per heavy atom. The second-order valence-electron chi connectivity index (χ2n) is 7.75. The van der Waals surface area contributed by atoms with Gasteiger partial charge < -0.3 is 10.1 Å². The highest BCUT2D eigenvalue weighted by atomic mass is 16.5. The molecule has 0 spiro atoms. The van der Waals surface area contributed by atoms with Gasteiger partial charge in [0.05, 0.1) is 11.1 Å². The van der Waals surface area contributed by atoms with E-state index in [1.807, 2.05) is 0 Å². The zero-order valence-corrected chi connectivity index (χ0v) is 18.5. The predicted molar refractivity (Wildman–Crippen MR) is 125 cm³/mol. The molecule has 35 heavy (non-hydrogen) atoms. The Balaban J connectivity index is 1.11. The molecule has 10 nitrogen and oxygen atoms in total. The highest BCUT2D eigenvalue weighted by molar-refractivity contribution is 6.21. The van der Waals surface area contributed by atoms with E-state index in [0.717, 1.165) is 0 Å². The topological polar surface area (TPSA) is 119 Å². The number of fused-ring (bicyclic) bond motifs is 1. The third kappa shape index (κ3) is 4.76. The monoisotopic (exact) mass is 468 g/mol. The van der Waals surface area contributed by atoms with E-state index in [4.69, 9.17) is 4.74 Å². The van der Waals surface area contributed by atoms with Gasteiger partial charge in [-0.1, -0.05) is 12.1 Å².